The number of pyridine rings is 1. The van der Waals surface area contributed by atoms with Crippen LogP contribution >= 0.6 is 0 Å². The zero-order chi connectivity index (χ0) is 14.0. The van der Waals surface area contributed by atoms with Crippen molar-refractivity contribution < 1.29 is 14.7 Å². The lowest BCUT2D eigenvalue weighted by Gasteiger charge is -2.23. The van der Waals surface area contributed by atoms with Crippen molar-refractivity contribution >= 4 is 11.9 Å². The minimum Gasteiger partial charge on any atom is -0.477 e. The van der Waals surface area contributed by atoms with Crippen LogP contribution in [0.15, 0.2) is 18.3 Å². The van der Waals surface area contributed by atoms with E-state index in [1.54, 1.807) is 13.0 Å². The molecule has 1 atom stereocenters. The van der Waals surface area contributed by atoms with Crippen LogP contribution in [-0.4, -0.2) is 27.5 Å². The van der Waals surface area contributed by atoms with Gasteiger partial charge in [-0.1, -0.05) is 6.07 Å². The normalized spacial score (nSPS) is 17.6. The van der Waals surface area contributed by atoms with Gasteiger partial charge in [0.25, 0.3) is 0 Å². The third-order valence-corrected chi connectivity index (χ3v) is 3.41. The standard InChI is InChI=1S/C13H17N3O3/c1-13(14,9-3-4-9)12(19)16-7-8-2-5-10(11(17)18)15-6-8/h2,5-6,9H,3-4,7,14H2,1H3,(H,16,19)(H,17,18). The second kappa shape index (κ2) is 4.97. The summed E-state index contributed by atoms with van der Waals surface area (Å²) in [6.45, 7) is 2.04. The lowest BCUT2D eigenvalue weighted by atomic mass is 9.96. The largest absolute Gasteiger partial charge is 0.477 e. The van der Waals surface area contributed by atoms with Gasteiger partial charge in [0.05, 0.1) is 5.54 Å². The van der Waals surface area contributed by atoms with Crippen molar-refractivity contribution in [1.29, 1.82) is 0 Å². The number of nitrogens with one attached hydrogen (secondary N) is 1. The summed E-state index contributed by atoms with van der Waals surface area (Å²) < 4.78 is 0. The van der Waals surface area contributed by atoms with Crippen LogP contribution < -0.4 is 11.1 Å². The van der Waals surface area contributed by atoms with Crippen LogP contribution in [0.1, 0.15) is 35.8 Å². The monoisotopic (exact) mass is 263 g/mol. The number of nitrogens with zero attached hydrogens (tertiary/aromatic N) is 1. The molecule has 0 bridgehead atoms. The van der Waals surface area contributed by atoms with E-state index in [-0.39, 0.29) is 17.5 Å². The second-order valence-corrected chi connectivity index (χ2v) is 5.10. The van der Waals surface area contributed by atoms with Gasteiger partial charge in [0.1, 0.15) is 5.69 Å². The van der Waals surface area contributed by atoms with Crippen LogP contribution in [0.25, 0.3) is 0 Å². The molecule has 102 valence electrons. The molecule has 4 N–H and O–H groups in total. The molecule has 1 aliphatic carbocycles. The summed E-state index contributed by atoms with van der Waals surface area (Å²) in [7, 11) is 0. The highest BCUT2D eigenvalue weighted by Crippen LogP contribution is 2.38. The first-order valence-electron chi connectivity index (χ1n) is 6.16. The maximum atomic E-state index is 11.9. The number of carbonyl (C=O) groups excluding carboxylic acids is 1. The van der Waals surface area contributed by atoms with E-state index >= 15 is 0 Å². The predicted octanol–water partition coefficient (Wildman–Crippen LogP) is 0.523. The fraction of sp³-hybridized carbons (Fsp3) is 0.462. The second-order valence-electron chi connectivity index (χ2n) is 5.10. The fourth-order valence-corrected chi connectivity index (χ4v) is 1.90. The summed E-state index contributed by atoms with van der Waals surface area (Å²) in [4.78, 5) is 26.4. The van der Waals surface area contributed by atoms with E-state index in [9.17, 15) is 9.59 Å². The number of nitrogens with two attached hydrogens (primary N) is 1. The van der Waals surface area contributed by atoms with Crippen molar-refractivity contribution in [1.82, 2.24) is 10.3 Å². The summed E-state index contributed by atoms with van der Waals surface area (Å²) in [5.41, 5.74) is 5.89. The Morgan fingerprint density at radius 2 is 2.21 bits per heavy atom. The maximum absolute atomic E-state index is 11.9. The first-order chi connectivity index (χ1) is 8.91. The Morgan fingerprint density at radius 1 is 1.53 bits per heavy atom. The average molecular weight is 263 g/mol. The van der Waals surface area contributed by atoms with Gasteiger partial charge in [-0.05, 0) is 37.3 Å². The van der Waals surface area contributed by atoms with Crippen LogP contribution in [0.2, 0.25) is 0 Å². The zero-order valence-corrected chi connectivity index (χ0v) is 10.7. The van der Waals surface area contributed by atoms with Crippen molar-refractivity contribution in [2.24, 2.45) is 11.7 Å². The number of carbonyl (C=O) groups is 2. The molecule has 2 rings (SSSR count). The van der Waals surface area contributed by atoms with E-state index < -0.39 is 11.5 Å². The maximum Gasteiger partial charge on any atom is 0.354 e. The fourth-order valence-electron chi connectivity index (χ4n) is 1.90. The molecular formula is C13H17N3O3. The Bertz CT molecular complexity index is 492. The molecule has 1 fully saturated rings. The number of amides is 1. The van der Waals surface area contributed by atoms with Gasteiger partial charge in [0, 0.05) is 12.7 Å². The molecule has 1 aromatic heterocycles. The molecule has 6 nitrogen and oxygen atoms in total. The van der Waals surface area contributed by atoms with Crippen molar-refractivity contribution in [3.8, 4) is 0 Å². The number of hydrogen-bond acceptors (Lipinski definition) is 4. The minimum absolute atomic E-state index is 0.0169. The molecule has 1 unspecified atom stereocenters. The zero-order valence-electron chi connectivity index (χ0n) is 10.7. The lowest BCUT2D eigenvalue weighted by molar-refractivity contribution is -0.126. The van der Waals surface area contributed by atoms with Gasteiger partial charge in [-0.25, -0.2) is 9.78 Å². The summed E-state index contributed by atoms with van der Waals surface area (Å²) in [5, 5.41) is 11.5. The number of carboxylic acid groups (broad SMARTS) is 1. The van der Waals surface area contributed by atoms with Crippen LogP contribution in [0.5, 0.6) is 0 Å². The highest BCUT2D eigenvalue weighted by Gasteiger charge is 2.43. The van der Waals surface area contributed by atoms with Crippen LogP contribution in [-0.2, 0) is 11.3 Å². The summed E-state index contributed by atoms with van der Waals surface area (Å²) in [6.07, 6.45) is 3.43. The first kappa shape index (κ1) is 13.5. The van der Waals surface area contributed by atoms with E-state index in [1.165, 1.54) is 12.3 Å². The van der Waals surface area contributed by atoms with Crippen LogP contribution in [0.3, 0.4) is 0 Å². The van der Waals surface area contributed by atoms with Gasteiger partial charge in [0.15, 0.2) is 0 Å². The lowest BCUT2D eigenvalue weighted by Crippen LogP contribution is -2.53. The molecule has 19 heavy (non-hydrogen) atoms. The van der Waals surface area contributed by atoms with Crippen molar-refractivity contribution in [3.05, 3.63) is 29.6 Å². The topological polar surface area (TPSA) is 105 Å². The quantitative estimate of drug-likeness (QED) is 0.718. The molecule has 0 aliphatic heterocycles. The van der Waals surface area contributed by atoms with Crippen molar-refractivity contribution in [2.75, 3.05) is 0 Å². The third kappa shape index (κ3) is 3.08. The van der Waals surface area contributed by atoms with Gasteiger partial charge in [-0.3, -0.25) is 4.79 Å². The van der Waals surface area contributed by atoms with E-state index in [4.69, 9.17) is 10.8 Å². The Morgan fingerprint density at radius 3 is 2.68 bits per heavy atom. The molecule has 0 radical (unpaired) electrons. The van der Waals surface area contributed by atoms with Gasteiger partial charge in [0.2, 0.25) is 5.91 Å². The molecule has 0 aromatic carbocycles. The van der Waals surface area contributed by atoms with Gasteiger partial charge in [-0.15, -0.1) is 0 Å². The summed E-state index contributed by atoms with van der Waals surface area (Å²) >= 11 is 0. The van der Waals surface area contributed by atoms with E-state index in [0.717, 1.165) is 18.4 Å². The molecule has 0 saturated heterocycles. The smallest absolute Gasteiger partial charge is 0.354 e. The number of aromatic carboxylic acids is 1. The van der Waals surface area contributed by atoms with Crippen LogP contribution in [0.4, 0.5) is 0 Å². The predicted molar refractivity (Wildman–Crippen MR) is 68.4 cm³/mol. The molecular weight excluding hydrogens is 246 g/mol. The van der Waals surface area contributed by atoms with Gasteiger partial charge >= 0.3 is 5.97 Å². The number of hydrogen-bond donors (Lipinski definition) is 3. The molecule has 1 aromatic rings. The van der Waals surface area contributed by atoms with E-state index in [1.807, 2.05) is 0 Å². The number of carboxylic acids is 1. The summed E-state index contributed by atoms with van der Waals surface area (Å²) in [6, 6.07) is 3.04. The van der Waals surface area contributed by atoms with E-state index in [2.05, 4.69) is 10.3 Å². The van der Waals surface area contributed by atoms with Crippen molar-refractivity contribution in [2.45, 2.75) is 31.8 Å². The Hall–Kier alpha value is -1.95. The number of rotatable bonds is 5. The first-order valence-corrected chi connectivity index (χ1v) is 6.16. The van der Waals surface area contributed by atoms with Crippen LogP contribution in [0, 0.1) is 5.92 Å². The molecule has 0 spiro atoms. The van der Waals surface area contributed by atoms with Crippen molar-refractivity contribution in [3.63, 3.8) is 0 Å². The molecule has 1 amide bonds. The molecule has 6 heteroatoms. The Balaban J connectivity index is 1.91. The number of aromatic nitrogens is 1. The average Bonchev–Trinajstić information content (AvgIpc) is 3.20. The molecule has 1 aliphatic rings. The highest BCUT2D eigenvalue weighted by atomic mass is 16.4. The Kier molecular flexibility index (Phi) is 3.53. The minimum atomic E-state index is -1.07. The Labute approximate surface area is 111 Å². The van der Waals surface area contributed by atoms with Gasteiger partial charge < -0.3 is 16.2 Å². The SMILES string of the molecule is CC(N)(C(=O)NCc1ccc(C(=O)O)nc1)C1CC1. The molecule has 1 heterocycles. The van der Waals surface area contributed by atoms with E-state index in [0.29, 0.717) is 6.54 Å². The van der Waals surface area contributed by atoms with Gasteiger partial charge in [-0.2, -0.15) is 0 Å². The summed E-state index contributed by atoms with van der Waals surface area (Å²) in [5.74, 6) is -0.990. The highest BCUT2D eigenvalue weighted by molar-refractivity contribution is 5.86. The molecule has 1 saturated carbocycles. The third-order valence-electron chi connectivity index (χ3n) is 3.41.